The molecule has 0 radical (unpaired) electrons. The Morgan fingerprint density at radius 2 is 2.17 bits per heavy atom. The van der Waals surface area contributed by atoms with Gasteiger partial charge in [-0.05, 0) is 31.9 Å². The standard InChI is InChI=1S/C13H19FN2O2/c1-8(15)7-10-5-4-6-11(14)12(10)18-9(2)13(17)16-3/h4-6,8-9H,7,15H2,1-3H3,(H,16,17). The molecule has 1 rings (SSSR count). The Kier molecular flexibility index (Phi) is 5.09. The van der Waals surface area contributed by atoms with Gasteiger partial charge in [-0.3, -0.25) is 4.79 Å². The summed E-state index contributed by atoms with van der Waals surface area (Å²) in [5, 5.41) is 2.45. The Labute approximate surface area is 106 Å². The number of ether oxygens (including phenoxy) is 1. The van der Waals surface area contributed by atoms with Crippen molar-refractivity contribution in [1.82, 2.24) is 5.32 Å². The van der Waals surface area contributed by atoms with Crippen molar-refractivity contribution in [2.45, 2.75) is 32.4 Å². The van der Waals surface area contributed by atoms with E-state index < -0.39 is 11.9 Å². The summed E-state index contributed by atoms with van der Waals surface area (Å²) in [6.07, 6.45) is -0.258. The maximum absolute atomic E-state index is 13.7. The number of amides is 1. The highest BCUT2D eigenvalue weighted by Gasteiger charge is 2.18. The lowest BCUT2D eigenvalue weighted by molar-refractivity contribution is -0.126. The summed E-state index contributed by atoms with van der Waals surface area (Å²) in [6.45, 7) is 3.40. The molecule has 3 N–H and O–H groups in total. The molecule has 1 aromatic carbocycles. The second-order valence-corrected chi connectivity index (χ2v) is 4.28. The van der Waals surface area contributed by atoms with Crippen LogP contribution in [0.15, 0.2) is 18.2 Å². The number of benzene rings is 1. The van der Waals surface area contributed by atoms with Crippen LogP contribution in [0.5, 0.6) is 5.75 Å². The van der Waals surface area contributed by atoms with Crippen LogP contribution in [-0.4, -0.2) is 25.1 Å². The molecule has 100 valence electrons. The molecule has 18 heavy (non-hydrogen) atoms. The fraction of sp³-hybridized carbons (Fsp3) is 0.462. The Hall–Kier alpha value is -1.62. The zero-order valence-electron chi connectivity index (χ0n) is 10.9. The highest BCUT2D eigenvalue weighted by molar-refractivity contribution is 5.80. The Balaban J connectivity index is 2.95. The monoisotopic (exact) mass is 254 g/mol. The maximum Gasteiger partial charge on any atom is 0.260 e. The lowest BCUT2D eigenvalue weighted by atomic mass is 10.1. The number of carbonyl (C=O) groups excluding carboxylic acids is 1. The summed E-state index contributed by atoms with van der Waals surface area (Å²) in [6, 6.07) is 4.55. The largest absolute Gasteiger partial charge is 0.478 e. The fourth-order valence-corrected chi connectivity index (χ4v) is 1.63. The van der Waals surface area contributed by atoms with E-state index >= 15 is 0 Å². The molecule has 0 aliphatic rings. The van der Waals surface area contributed by atoms with Gasteiger partial charge < -0.3 is 15.8 Å². The predicted octanol–water partition coefficient (Wildman–Crippen LogP) is 1.23. The summed E-state index contributed by atoms with van der Waals surface area (Å²) in [5.74, 6) is -0.681. The summed E-state index contributed by atoms with van der Waals surface area (Å²) in [7, 11) is 1.51. The Bertz CT molecular complexity index is 421. The minimum absolute atomic E-state index is 0.103. The highest BCUT2D eigenvalue weighted by atomic mass is 19.1. The SMILES string of the molecule is CNC(=O)C(C)Oc1c(F)cccc1CC(C)N. The van der Waals surface area contributed by atoms with Gasteiger partial charge in [0.2, 0.25) is 0 Å². The average molecular weight is 254 g/mol. The lowest BCUT2D eigenvalue weighted by Gasteiger charge is -2.17. The van der Waals surface area contributed by atoms with E-state index in [9.17, 15) is 9.18 Å². The van der Waals surface area contributed by atoms with Gasteiger partial charge in [-0.15, -0.1) is 0 Å². The van der Waals surface area contributed by atoms with Crippen LogP contribution in [0.3, 0.4) is 0 Å². The highest BCUT2D eigenvalue weighted by Crippen LogP contribution is 2.25. The van der Waals surface area contributed by atoms with E-state index in [1.165, 1.54) is 13.1 Å². The molecule has 4 nitrogen and oxygen atoms in total. The Morgan fingerprint density at radius 1 is 1.50 bits per heavy atom. The van der Waals surface area contributed by atoms with Crippen molar-refractivity contribution in [2.24, 2.45) is 5.73 Å². The molecule has 0 aliphatic heterocycles. The molecule has 2 atom stereocenters. The second-order valence-electron chi connectivity index (χ2n) is 4.28. The summed E-state index contributed by atoms with van der Waals surface area (Å²) < 4.78 is 19.1. The van der Waals surface area contributed by atoms with Crippen molar-refractivity contribution in [3.8, 4) is 5.75 Å². The van der Waals surface area contributed by atoms with Crippen LogP contribution < -0.4 is 15.8 Å². The van der Waals surface area contributed by atoms with Crippen LogP contribution in [0.4, 0.5) is 4.39 Å². The van der Waals surface area contributed by atoms with Gasteiger partial charge in [-0.2, -0.15) is 0 Å². The second kappa shape index (κ2) is 6.35. The van der Waals surface area contributed by atoms with Crippen LogP contribution in [0.2, 0.25) is 0 Å². The van der Waals surface area contributed by atoms with E-state index in [4.69, 9.17) is 10.5 Å². The molecule has 0 saturated carbocycles. The number of hydrogen-bond donors (Lipinski definition) is 2. The van der Waals surface area contributed by atoms with Gasteiger partial charge in [-0.1, -0.05) is 12.1 Å². The molecule has 1 aromatic rings. The summed E-state index contributed by atoms with van der Waals surface area (Å²) in [4.78, 5) is 11.4. The normalized spacial score (nSPS) is 13.8. The quantitative estimate of drug-likeness (QED) is 0.830. The van der Waals surface area contributed by atoms with Crippen molar-refractivity contribution in [3.05, 3.63) is 29.6 Å². The Morgan fingerprint density at radius 3 is 2.72 bits per heavy atom. The first-order chi connectivity index (χ1) is 8.45. The summed E-state index contributed by atoms with van der Waals surface area (Å²) >= 11 is 0. The average Bonchev–Trinajstić information content (AvgIpc) is 2.31. The van der Waals surface area contributed by atoms with Gasteiger partial charge in [0.05, 0.1) is 0 Å². The molecule has 1 amide bonds. The fourth-order valence-electron chi connectivity index (χ4n) is 1.63. The number of nitrogens with one attached hydrogen (secondary N) is 1. The van der Waals surface area contributed by atoms with Gasteiger partial charge >= 0.3 is 0 Å². The molecule has 0 aromatic heterocycles. The van der Waals surface area contributed by atoms with Gasteiger partial charge in [0.15, 0.2) is 17.7 Å². The smallest absolute Gasteiger partial charge is 0.260 e. The molecule has 0 fully saturated rings. The molecule has 0 heterocycles. The molecule has 0 saturated heterocycles. The number of carbonyl (C=O) groups is 1. The van der Waals surface area contributed by atoms with E-state index in [2.05, 4.69) is 5.32 Å². The molecule has 0 aliphatic carbocycles. The van der Waals surface area contributed by atoms with Crippen LogP contribution in [0, 0.1) is 5.82 Å². The molecular weight excluding hydrogens is 235 g/mol. The zero-order valence-corrected chi connectivity index (χ0v) is 10.9. The zero-order chi connectivity index (χ0) is 13.7. The third kappa shape index (κ3) is 3.70. The topological polar surface area (TPSA) is 64.3 Å². The minimum atomic E-state index is -0.751. The number of halogens is 1. The number of likely N-dealkylation sites (N-methyl/N-ethyl adjacent to an activating group) is 1. The molecule has 2 unspecified atom stereocenters. The predicted molar refractivity (Wildman–Crippen MR) is 67.9 cm³/mol. The maximum atomic E-state index is 13.7. The van der Waals surface area contributed by atoms with Crippen LogP contribution in [0.25, 0.3) is 0 Å². The van der Waals surface area contributed by atoms with Gasteiger partial charge in [0.1, 0.15) is 0 Å². The van der Waals surface area contributed by atoms with E-state index in [1.54, 1.807) is 19.1 Å². The molecular formula is C13H19FN2O2. The molecule has 0 spiro atoms. The van der Waals surface area contributed by atoms with E-state index in [0.29, 0.717) is 12.0 Å². The number of rotatable bonds is 5. The third-order valence-electron chi connectivity index (χ3n) is 2.50. The molecule has 0 bridgehead atoms. The van der Waals surface area contributed by atoms with Crippen molar-refractivity contribution >= 4 is 5.91 Å². The first-order valence-corrected chi connectivity index (χ1v) is 5.87. The van der Waals surface area contributed by atoms with Gasteiger partial charge in [0, 0.05) is 13.1 Å². The van der Waals surface area contributed by atoms with Crippen LogP contribution in [-0.2, 0) is 11.2 Å². The number of para-hydroxylation sites is 1. The first kappa shape index (κ1) is 14.4. The number of nitrogens with two attached hydrogens (primary N) is 1. The minimum Gasteiger partial charge on any atom is -0.478 e. The van der Waals surface area contributed by atoms with Crippen molar-refractivity contribution < 1.29 is 13.9 Å². The summed E-state index contributed by atoms with van der Waals surface area (Å²) in [5.41, 5.74) is 6.37. The van der Waals surface area contributed by atoms with E-state index in [-0.39, 0.29) is 17.7 Å². The van der Waals surface area contributed by atoms with Crippen molar-refractivity contribution in [2.75, 3.05) is 7.05 Å². The van der Waals surface area contributed by atoms with E-state index in [1.807, 2.05) is 6.92 Å². The van der Waals surface area contributed by atoms with Crippen LogP contribution >= 0.6 is 0 Å². The van der Waals surface area contributed by atoms with Crippen molar-refractivity contribution in [1.29, 1.82) is 0 Å². The first-order valence-electron chi connectivity index (χ1n) is 5.87. The van der Waals surface area contributed by atoms with Gasteiger partial charge in [0.25, 0.3) is 5.91 Å². The van der Waals surface area contributed by atoms with Gasteiger partial charge in [-0.25, -0.2) is 4.39 Å². The lowest BCUT2D eigenvalue weighted by Crippen LogP contribution is -2.34. The van der Waals surface area contributed by atoms with E-state index in [0.717, 1.165) is 0 Å². The third-order valence-corrected chi connectivity index (χ3v) is 2.50. The van der Waals surface area contributed by atoms with Crippen molar-refractivity contribution in [3.63, 3.8) is 0 Å². The van der Waals surface area contributed by atoms with Crippen LogP contribution in [0.1, 0.15) is 19.4 Å². The molecule has 5 heteroatoms. The number of hydrogen-bond acceptors (Lipinski definition) is 3.